The summed E-state index contributed by atoms with van der Waals surface area (Å²) in [5.41, 5.74) is 0.211. The van der Waals surface area contributed by atoms with Crippen molar-refractivity contribution in [3.63, 3.8) is 0 Å². The quantitative estimate of drug-likeness (QED) is 0.437. The fourth-order valence-corrected chi connectivity index (χ4v) is 1.20. The van der Waals surface area contributed by atoms with Crippen molar-refractivity contribution in [2.24, 2.45) is 0 Å². The van der Waals surface area contributed by atoms with E-state index in [9.17, 15) is 4.79 Å². The molecule has 0 N–H and O–H groups in total. The zero-order chi connectivity index (χ0) is 11.8. The second kappa shape index (κ2) is 7.19. The third-order valence-corrected chi connectivity index (χ3v) is 1.94. The molecule has 88 valence electrons. The van der Waals surface area contributed by atoms with E-state index in [0.717, 1.165) is 6.42 Å². The maximum absolute atomic E-state index is 11.4. The van der Waals surface area contributed by atoms with Crippen molar-refractivity contribution >= 4 is 17.6 Å². The van der Waals surface area contributed by atoms with E-state index in [1.165, 1.54) is 0 Å². The molecule has 1 aromatic rings. The van der Waals surface area contributed by atoms with E-state index in [0.29, 0.717) is 13.2 Å². The first-order valence-corrected chi connectivity index (χ1v) is 5.49. The van der Waals surface area contributed by atoms with Crippen molar-refractivity contribution in [3.05, 3.63) is 29.0 Å². The first kappa shape index (κ1) is 12.9. The Bertz CT molecular complexity index is 344. The molecule has 0 aliphatic carbocycles. The predicted octanol–water partition coefficient (Wildman–Crippen LogP) is 2.32. The molecule has 0 saturated carbocycles. The summed E-state index contributed by atoms with van der Waals surface area (Å²) in [6, 6.07) is 4.81. The van der Waals surface area contributed by atoms with E-state index < -0.39 is 5.97 Å². The minimum absolute atomic E-state index is 0.211. The zero-order valence-electron chi connectivity index (χ0n) is 9.11. The predicted molar refractivity (Wildman–Crippen MR) is 60.6 cm³/mol. The molecule has 16 heavy (non-hydrogen) atoms. The normalized spacial score (nSPS) is 10.1. The second-order valence-electron chi connectivity index (χ2n) is 3.09. The van der Waals surface area contributed by atoms with Crippen LogP contribution in [0.15, 0.2) is 18.2 Å². The van der Waals surface area contributed by atoms with Crippen LogP contribution >= 0.6 is 11.6 Å². The zero-order valence-corrected chi connectivity index (χ0v) is 9.87. The molecule has 0 amide bonds. The largest absolute Gasteiger partial charge is 0.459 e. The molecule has 0 aromatic carbocycles. The van der Waals surface area contributed by atoms with Crippen molar-refractivity contribution < 1.29 is 14.3 Å². The summed E-state index contributed by atoms with van der Waals surface area (Å²) in [7, 11) is 0. The maximum atomic E-state index is 11.4. The summed E-state index contributed by atoms with van der Waals surface area (Å²) in [4.78, 5) is 15.3. The molecule has 5 heteroatoms. The Kier molecular flexibility index (Phi) is 5.82. The number of carbonyl (C=O) groups excluding carboxylic acids is 1. The van der Waals surface area contributed by atoms with Gasteiger partial charge in [0.15, 0.2) is 0 Å². The lowest BCUT2D eigenvalue weighted by atomic mass is 10.3. The van der Waals surface area contributed by atoms with Crippen LogP contribution in [-0.4, -0.2) is 30.8 Å². The van der Waals surface area contributed by atoms with Crippen molar-refractivity contribution in [3.8, 4) is 0 Å². The molecule has 4 nitrogen and oxygen atoms in total. The average molecular weight is 244 g/mol. The van der Waals surface area contributed by atoms with Gasteiger partial charge in [-0.05, 0) is 18.6 Å². The minimum Gasteiger partial charge on any atom is -0.459 e. The lowest BCUT2D eigenvalue weighted by Gasteiger charge is -2.04. The summed E-state index contributed by atoms with van der Waals surface area (Å²) < 4.78 is 10.1. The van der Waals surface area contributed by atoms with Crippen LogP contribution in [0.2, 0.25) is 5.15 Å². The van der Waals surface area contributed by atoms with E-state index in [1.807, 2.05) is 6.92 Å². The molecule has 0 unspecified atom stereocenters. The van der Waals surface area contributed by atoms with Gasteiger partial charge in [-0.3, -0.25) is 0 Å². The highest BCUT2D eigenvalue weighted by Gasteiger charge is 2.08. The van der Waals surface area contributed by atoms with Crippen LogP contribution in [0.5, 0.6) is 0 Å². The Balaban J connectivity index is 2.30. The van der Waals surface area contributed by atoms with Crippen molar-refractivity contribution in [1.29, 1.82) is 0 Å². The molecule has 1 heterocycles. The monoisotopic (exact) mass is 243 g/mol. The highest BCUT2D eigenvalue weighted by atomic mass is 35.5. The van der Waals surface area contributed by atoms with Gasteiger partial charge in [-0.25, -0.2) is 9.78 Å². The Labute approximate surface area is 99.5 Å². The number of nitrogens with zero attached hydrogens (tertiary/aromatic N) is 1. The van der Waals surface area contributed by atoms with Gasteiger partial charge in [-0.15, -0.1) is 0 Å². The fourth-order valence-electron chi connectivity index (χ4n) is 1.04. The lowest BCUT2D eigenvalue weighted by molar-refractivity contribution is 0.0313. The van der Waals surface area contributed by atoms with Gasteiger partial charge in [0.05, 0.1) is 6.61 Å². The molecule has 1 aromatic heterocycles. The Morgan fingerprint density at radius 1 is 1.38 bits per heavy atom. The first-order chi connectivity index (χ1) is 7.74. The third kappa shape index (κ3) is 4.59. The molecule has 0 radical (unpaired) electrons. The van der Waals surface area contributed by atoms with Gasteiger partial charge in [0, 0.05) is 6.61 Å². The molecule has 0 aliphatic heterocycles. The van der Waals surface area contributed by atoms with Crippen LogP contribution in [0, 0.1) is 0 Å². The van der Waals surface area contributed by atoms with Crippen molar-refractivity contribution in [2.75, 3.05) is 19.8 Å². The number of rotatable bonds is 6. The molecule has 0 fully saturated rings. The molecule has 0 saturated heterocycles. The Hall–Kier alpha value is -1.13. The van der Waals surface area contributed by atoms with Gasteiger partial charge in [0.1, 0.15) is 17.5 Å². The SMILES string of the molecule is CCCOCCOC(=O)c1cccc(Cl)n1. The molecule has 0 atom stereocenters. The van der Waals surface area contributed by atoms with E-state index >= 15 is 0 Å². The summed E-state index contributed by atoms with van der Waals surface area (Å²) in [5.74, 6) is -0.484. The topological polar surface area (TPSA) is 48.4 Å². The van der Waals surface area contributed by atoms with Crippen LogP contribution in [0.3, 0.4) is 0 Å². The van der Waals surface area contributed by atoms with Crippen LogP contribution in [0.4, 0.5) is 0 Å². The number of carbonyl (C=O) groups is 1. The van der Waals surface area contributed by atoms with Gasteiger partial charge >= 0.3 is 5.97 Å². The van der Waals surface area contributed by atoms with E-state index in [4.69, 9.17) is 21.1 Å². The number of hydrogen-bond donors (Lipinski definition) is 0. The molecule has 1 rings (SSSR count). The van der Waals surface area contributed by atoms with Crippen LogP contribution in [0.25, 0.3) is 0 Å². The van der Waals surface area contributed by atoms with Crippen molar-refractivity contribution in [1.82, 2.24) is 4.98 Å². The van der Waals surface area contributed by atoms with E-state index in [2.05, 4.69) is 4.98 Å². The second-order valence-corrected chi connectivity index (χ2v) is 3.48. The highest BCUT2D eigenvalue weighted by molar-refractivity contribution is 6.29. The summed E-state index contributed by atoms with van der Waals surface area (Å²) >= 11 is 5.65. The lowest BCUT2D eigenvalue weighted by Crippen LogP contribution is -2.12. The number of pyridine rings is 1. The Morgan fingerprint density at radius 3 is 2.88 bits per heavy atom. The summed E-state index contributed by atoms with van der Waals surface area (Å²) in [6.07, 6.45) is 0.948. The summed E-state index contributed by atoms with van der Waals surface area (Å²) in [5, 5.41) is 0.275. The van der Waals surface area contributed by atoms with Crippen LogP contribution in [-0.2, 0) is 9.47 Å². The minimum atomic E-state index is -0.484. The highest BCUT2D eigenvalue weighted by Crippen LogP contribution is 2.06. The van der Waals surface area contributed by atoms with Crippen LogP contribution < -0.4 is 0 Å². The number of esters is 1. The van der Waals surface area contributed by atoms with Gasteiger partial charge in [0.2, 0.25) is 0 Å². The molecule has 0 spiro atoms. The molecule has 0 bridgehead atoms. The van der Waals surface area contributed by atoms with Gasteiger partial charge in [0.25, 0.3) is 0 Å². The van der Waals surface area contributed by atoms with Crippen LogP contribution in [0.1, 0.15) is 23.8 Å². The van der Waals surface area contributed by atoms with Gasteiger partial charge in [-0.1, -0.05) is 24.6 Å². The van der Waals surface area contributed by atoms with Gasteiger partial charge in [-0.2, -0.15) is 0 Å². The summed E-state index contributed by atoms with van der Waals surface area (Å²) in [6.45, 7) is 3.32. The Morgan fingerprint density at radius 2 is 2.19 bits per heavy atom. The maximum Gasteiger partial charge on any atom is 0.357 e. The fraction of sp³-hybridized carbons (Fsp3) is 0.455. The molecular formula is C11H14ClNO3. The molecule has 0 aliphatic rings. The third-order valence-electron chi connectivity index (χ3n) is 1.73. The first-order valence-electron chi connectivity index (χ1n) is 5.11. The van der Waals surface area contributed by atoms with Crippen molar-refractivity contribution in [2.45, 2.75) is 13.3 Å². The number of aromatic nitrogens is 1. The van der Waals surface area contributed by atoms with E-state index in [1.54, 1.807) is 18.2 Å². The number of hydrogen-bond acceptors (Lipinski definition) is 4. The smallest absolute Gasteiger partial charge is 0.357 e. The number of halogens is 1. The standard InChI is InChI=1S/C11H14ClNO3/c1-2-6-15-7-8-16-11(14)9-4-3-5-10(12)13-9/h3-5H,2,6-8H2,1H3. The molecular weight excluding hydrogens is 230 g/mol. The average Bonchev–Trinajstić information content (AvgIpc) is 2.28. The van der Waals surface area contributed by atoms with Gasteiger partial charge < -0.3 is 9.47 Å². The number of ether oxygens (including phenoxy) is 2. The van der Waals surface area contributed by atoms with E-state index in [-0.39, 0.29) is 17.5 Å².